The summed E-state index contributed by atoms with van der Waals surface area (Å²) in [7, 11) is -3.10. The SMILES string of the molecule is Cc1cccc(N2C[C@H](C(=O)OCC(=O)N[C@@H]3CCS(=O)(=O)C3)CC2=O)c1C. The molecule has 0 aliphatic carbocycles. The average Bonchev–Trinajstić information content (AvgIpc) is 3.17. The van der Waals surface area contributed by atoms with Crippen molar-refractivity contribution in [2.75, 3.05) is 29.6 Å². The quantitative estimate of drug-likeness (QED) is 0.711. The number of ether oxygens (including phenoxy) is 1. The number of nitrogens with one attached hydrogen (secondary N) is 1. The molecule has 0 unspecified atom stereocenters. The molecule has 28 heavy (non-hydrogen) atoms. The van der Waals surface area contributed by atoms with Crippen molar-refractivity contribution < 1.29 is 27.5 Å². The van der Waals surface area contributed by atoms with Crippen LogP contribution in [0.25, 0.3) is 0 Å². The molecule has 0 aromatic heterocycles. The summed E-state index contributed by atoms with van der Waals surface area (Å²) < 4.78 is 27.9. The van der Waals surface area contributed by atoms with Gasteiger partial charge in [0.25, 0.3) is 5.91 Å². The fraction of sp³-hybridized carbons (Fsp3) is 0.526. The molecule has 2 amide bonds. The summed E-state index contributed by atoms with van der Waals surface area (Å²) in [4.78, 5) is 38.1. The maximum atomic E-state index is 12.4. The molecule has 2 heterocycles. The molecular weight excluding hydrogens is 384 g/mol. The number of rotatable bonds is 5. The molecule has 8 nitrogen and oxygen atoms in total. The highest BCUT2D eigenvalue weighted by molar-refractivity contribution is 7.91. The minimum atomic E-state index is -3.10. The van der Waals surface area contributed by atoms with Crippen molar-refractivity contribution >= 4 is 33.3 Å². The summed E-state index contributed by atoms with van der Waals surface area (Å²) in [6, 6.07) is 5.23. The third-order valence-electron chi connectivity index (χ3n) is 5.27. The number of aryl methyl sites for hydroxylation is 1. The van der Waals surface area contributed by atoms with Gasteiger partial charge in [-0.1, -0.05) is 12.1 Å². The van der Waals surface area contributed by atoms with Gasteiger partial charge in [-0.2, -0.15) is 0 Å². The van der Waals surface area contributed by atoms with Gasteiger partial charge < -0.3 is 15.0 Å². The topological polar surface area (TPSA) is 110 Å². The van der Waals surface area contributed by atoms with Gasteiger partial charge >= 0.3 is 5.97 Å². The monoisotopic (exact) mass is 408 g/mol. The number of anilines is 1. The average molecular weight is 408 g/mol. The first-order chi connectivity index (χ1) is 13.2. The molecule has 2 aliphatic rings. The van der Waals surface area contributed by atoms with Crippen molar-refractivity contribution in [2.24, 2.45) is 5.92 Å². The molecule has 1 N–H and O–H groups in total. The van der Waals surface area contributed by atoms with Crippen LogP contribution in [-0.2, 0) is 29.0 Å². The lowest BCUT2D eigenvalue weighted by Gasteiger charge is -2.20. The smallest absolute Gasteiger partial charge is 0.311 e. The van der Waals surface area contributed by atoms with Gasteiger partial charge in [0, 0.05) is 24.7 Å². The highest BCUT2D eigenvalue weighted by Crippen LogP contribution is 2.29. The van der Waals surface area contributed by atoms with E-state index in [0.29, 0.717) is 6.42 Å². The summed E-state index contributed by atoms with van der Waals surface area (Å²) in [6.45, 7) is 3.62. The van der Waals surface area contributed by atoms with Gasteiger partial charge in [-0.25, -0.2) is 8.42 Å². The van der Waals surface area contributed by atoms with E-state index in [2.05, 4.69) is 5.32 Å². The van der Waals surface area contributed by atoms with Crippen molar-refractivity contribution in [3.63, 3.8) is 0 Å². The van der Waals surface area contributed by atoms with Gasteiger partial charge in [-0.05, 0) is 37.5 Å². The number of hydrogen-bond acceptors (Lipinski definition) is 6. The first-order valence-corrected chi connectivity index (χ1v) is 11.0. The third-order valence-corrected chi connectivity index (χ3v) is 7.04. The Bertz CT molecular complexity index is 911. The van der Waals surface area contributed by atoms with Crippen molar-refractivity contribution in [3.05, 3.63) is 29.3 Å². The van der Waals surface area contributed by atoms with E-state index in [1.807, 2.05) is 32.0 Å². The van der Waals surface area contributed by atoms with Gasteiger partial charge in [-0.15, -0.1) is 0 Å². The van der Waals surface area contributed by atoms with Crippen LogP contribution < -0.4 is 10.2 Å². The van der Waals surface area contributed by atoms with Crippen LogP contribution in [0, 0.1) is 19.8 Å². The molecule has 3 rings (SSSR count). The van der Waals surface area contributed by atoms with E-state index in [4.69, 9.17) is 4.74 Å². The molecule has 0 saturated carbocycles. The lowest BCUT2D eigenvalue weighted by Crippen LogP contribution is -2.38. The molecule has 2 atom stereocenters. The van der Waals surface area contributed by atoms with E-state index in [1.165, 1.54) is 0 Å². The number of amides is 2. The molecular formula is C19H24N2O6S. The maximum Gasteiger partial charge on any atom is 0.311 e. The lowest BCUT2D eigenvalue weighted by molar-refractivity contribution is -0.152. The van der Waals surface area contributed by atoms with E-state index in [9.17, 15) is 22.8 Å². The first-order valence-electron chi connectivity index (χ1n) is 9.19. The fourth-order valence-corrected chi connectivity index (χ4v) is 5.23. The van der Waals surface area contributed by atoms with E-state index in [-0.39, 0.29) is 30.4 Å². The second-order valence-corrected chi connectivity index (χ2v) is 9.63. The Balaban J connectivity index is 1.52. The highest BCUT2D eigenvalue weighted by Gasteiger charge is 2.37. The number of nitrogens with zero attached hydrogens (tertiary/aromatic N) is 1. The Morgan fingerprint density at radius 1 is 1.29 bits per heavy atom. The predicted octanol–water partition coefficient (Wildman–Crippen LogP) is 0.503. The number of benzene rings is 1. The van der Waals surface area contributed by atoms with Gasteiger partial charge in [-0.3, -0.25) is 14.4 Å². The third kappa shape index (κ3) is 4.52. The standard InChI is InChI=1S/C19H24N2O6S/c1-12-4-3-5-16(13(12)2)21-9-14(8-18(21)23)19(24)27-10-17(22)20-15-6-7-28(25,26)11-15/h3-5,14-15H,6-11H2,1-2H3,(H,20,22)/t14-,15-/m1/s1. The van der Waals surface area contributed by atoms with E-state index in [0.717, 1.165) is 16.8 Å². The summed E-state index contributed by atoms with van der Waals surface area (Å²) in [6.07, 6.45) is 0.401. The minimum absolute atomic E-state index is 0.0364. The molecule has 0 spiro atoms. The van der Waals surface area contributed by atoms with Crippen LogP contribution in [0.1, 0.15) is 24.0 Å². The van der Waals surface area contributed by atoms with Crippen LogP contribution >= 0.6 is 0 Å². The summed E-state index contributed by atoms with van der Waals surface area (Å²) in [5.74, 6) is -1.96. The molecule has 2 saturated heterocycles. The molecule has 1 aromatic rings. The highest BCUT2D eigenvalue weighted by atomic mass is 32.2. The number of carbonyl (C=O) groups is 3. The Kier molecular flexibility index (Phi) is 5.74. The maximum absolute atomic E-state index is 12.4. The van der Waals surface area contributed by atoms with Gasteiger partial charge in [0.1, 0.15) is 0 Å². The van der Waals surface area contributed by atoms with Crippen molar-refractivity contribution in [2.45, 2.75) is 32.7 Å². The molecule has 152 valence electrons. The van der Waals surface area contributed by atoms with Crippen LogP contribution in [0.2, 0.25) is 0 Å². The minimum Gasteiger partial charge on any atom is -0.455 e. The summed E-state index contributed by atoms with van der Waals surface area (Å²) in [5, 5.41) is 2.56. The Labute approximate surface area is 164 Å². The fourth-order valence-electron chi connectivity index (χ4n) is 3.56. The van der Waals surface area contributed by atoms with Crippen molar-refractivity contribution in [1.82, 2.24) is 5.32 Å². The van der Waals surface area contributed by atoms with Crippen LogP contribution in [0.15, 0.2) is 18.2 Å². The molecule has 0 bridgehead atoms. The zero-order chi connectivity index (χ0) is 20.5. The molecule has 0 radical (unpaired) electrons. The molecule has 2 fully saturated rings. The Morgan fingerprint density at radius 2 is 2.04 bits per heavy atom. The van der Waals surface area contributed by atoms with E-state index < -0.39 is 40.3 Å². The van der Waals surface area contributed by atoms with E-state index >= 15 is 0 Å². The number of esters is 1. The van der Waals surface area contributed by atoms with Crippen LogP contribution in [0.4, 0.5) is 5.69 Å². The van der Waals surface area contributed by atoms with Crippen molar-refractivity contribution in [1.29, 1.82) is 0 Å². The van der Waals surface area contributed by atoms with Gasteiger partial charge in [0.15, 0.2) is 16.4 Å². The second-order valence-electron chi connectivity index (χ2n) is 7.40. The lowest BCUT2D eigenvalue weighted by atomic mass is 10.1. The molecule has 1 aromatic carbocycles. The summed E-state index contributed by atoms with van der Waals surface area (Å²) in [5.41, 5.74) is 2.82. The van der Waals surface area contributed by atoms with Crippen molar-refractivity contribution in [3.8, 4) is 0 Å². The predicted molar refractivity (Wildman–Crippen MR) is 103 cm³/mol. The summed E-state index contributed by atoms with van der Waals surface area (Å²) >= 11 is 0. The Hall–Kier alpha value is -2.42. The van der Waals surface area contributed by atoms with E-state index in [1.54, 1.807) is 4.90 Å². The first kappa shape index (κ1) is 20.3. The molecule has 9 heteroatoms. The number of sulfone groups is 1. The number of carbonyl (C=O) groups excluding carboxylic acids is 3. The zero-order valence-electron chi connectivity index (χ0n) is 15.9. The van der Waals surface area contributed by atoms with Crippen LogP contribution in [0.5, 0.6) is 0 Å². The van der Waals surface area contributed by atoms with Crippen LogP contribution in [-0.4, -0.2) is 56.9 Å². The number of hydrogen-bond donors (Lipinski definition) is 1. The van der Waals surface area contributed by atoms with Gasteiger partial charge in [0.2, 0.25) is 5.91 Å². The Morgan fingerprint density at radius 3 is 2.71 bits per heavy atom. The molecule has 2 aliphatic heterocycles. The second kappa shape index (κ2) is 7.90. The van der Waals surface area contributed by atoms with Crippen LogP contribution in [0.3, 0.4) is 0 Å². The zero-order valence-corrected chi connectivity index (χ0v) is 16.8. The van der Waals surface area contributed by atoms with Gasteiger partial charge in [0.05, 0.1) is 17.4 Å². The largest absolute Gasteiger partial charge is 0.455 e. The normalized spacial score (nSPS) is 23.6.